The second kappa shape index (κ2) is 9.73. The van der Waals surface area contributed by atoms with Crippen LogP contribution in [0.4, 0.5) is 8.78 Å². The van der Waals surface area contributed by atoms with E-state index >= 15 is 0 Å². The molecule has 1 spiro atoms. The van der Waals surface area contributed by atoms with Crippen LogP contribution in [0.1, 0.15) is 62.3 Å². The van der Waals surface area contributed by atoms with Crippen LogP contribution < -0.4 is 15.4 Å². The maximum Gasteiger partial charge on any atom is 0.218 e. The molecule has 0 radical (unpaired) electrons. The number of aryl methyl sites for hydroxylation is 1. The molecule has 3 atom stereocenters. The van der Waals surface area contributed by atoms with Crippen LogP contribution in [0.2, 0.25) is 0 Å². The van der Waals surface area contributed by atoms with E-state index in [0.29, 0.717) is 11.4 Å². The van der Waals surface area contributed by atoms with Crippen LogP contribution in [0, 0.1) is 11.6 Å². The van der Waals surface area contributed by atoms with E-state index in [0.717, 1.165) is 49.3 Å². The molecule has 0 unspecified atom stereocenters. The molecule has 1 fully saturated rings. The average Bonchev–Trinajstić information content (AvgIpc) is 2.74. The summed E-state index contributed by atoms with van der Waals surface area (Å²) >= 11 is 0. The highest BCUT2D eigenvalue weighted by molar-refractivity contribution is 5.73. The van der Waals surface area contributed by atoms with Crippen LogP contribution in [0.5, 0.6) is 5.88 Å². The largest absolute Gasteiger partial charge is 0.471 e. The maximum atomic E-state index is 13.6. The topological polar surface area (TPSA) is 83.5 Å². The van der Waals surface area contributed by atoms with Crippen molar-refractivity contribution in [3.63, 3.8) is 0 Å². The smallest absolute Gasteiger partial charge is 0.218 e. The number of carbonyl (C=O) groups is 1. The van der Waals surface area contributed by atoms with Crippen LogP contribution in [-0.4, -0.2) is 40.3 Å². The number of rotatable bonds is 8. The number of aliphatic hydroxyl groups is 1. The third kappa shape index (κ3) is 5.50. The van der Waals surface area contributed by atoms with E-state index < -0.39 is 23.8 Å². The van der Waals surface area contributed by atoms with Crippen LogP contribution in [0.25, 0.3) is 0 Å². The summed E-state index contributed by atoms with van der Waals surface area (Å²) in [6.07, 6.45) is 5.68. The van der Waals surface area contributed by atoms with E-state index in [9.17, 15) is 18.7 Å². The van der Waals surface area contributed by atoms with Crippen molar-refractivity contribution >= 4 is 5.91 Å². The lowest BCUT2D eigenvalue weighted by molar-refractivity contribution is -0.120. The lowest BCUT2D eigenvalue weighted by atomic mass is 9.73. The number of fused-ring (bicyclic) bond motifs is 1. The number of hydrogen-bond donors (Lipinski definition) is 3. The fourth-order valence-electron chi connectivity index (χ4n) is 4.76. The number of amides is 1. The Bertz CT molecular complexity index is 992. The number of nitrogens with one attached hydrogen (secondary N) is 2. The number of pyridine rings is 1. The Balaban J connectivity index is 1.49. The van der Waals surface area contributed by atoms with E-state index in [1.165, 1.54) is 19.1 Å². The first-order valence-corrected chi connectivity index (χ1v) is 11.6. The molecule has 0 saturated heterocycles. The molecule has 1 aromatic heterocycles. The number of carbonyl (C=O) groups excluding carboxylic acids is 1. The second-order valence-electron chi connectivity index (χ2n) is 9.25. The highest BCUT2D eigenvalue weighted by atomic mass is 19.1. The molecule has 4 rings (SSSR count). The second-order valence-corrected chi connectivity index (χ2v) is 9.25. The Morgan fingerprint density at radius 2 is 1.97 bits per heavy atom. The van der Waals surface area contributed by atoms with Crippen molar-refractivity contribution in [1.29, 1.82) is 0 Å². The van der Waals surface area contributed by atoms with Gasteiger partial charge in [-0.15, -0.1) is 0 Å². The Labute approximate surface area is 192 Å². The van der Waals surface area contributed by atoms with Gasteiger partial charge in [0.05, 0.1) is 12.1 Å². The molecule has 0 bridgehead atoms. The summed E-state index contributed by atoms with van der Waals surface area (Å²) in [7, 11) is 0. The van der Waals surface area contributed by atoms with Crippen molar-refractivity contribution in [2.75, 3.05) is 6.54 Å². The van der Waals surface area contributed by atoms with Gasteiger partial charge in [0, 0.05) is 43.8 Å². The molecular formula is C25H31F2N3O3. The van der Waals surface area contributed by atoms with Crippen LogP contribution in [0.15, 0.2) is 30.5 Å². The fourth-order valence-corrected chi connectivity index (χ4v) is 4.76. The fraction of sp³-hybridized carbons (Fsp3) is 0.520. The van der Waals surface area contributed by atoms with Crippen LogP contribution in [0.3, 0.4) is 0 Å². The molecule has 1 aromatic carbocycles. The van der Waals surface area contributed by atoms with Gasteiger partial charge in [-0.1, -0.05) is 6.92 Å². The molecule has 178 valence electrons. The Morgan fingerprint density at radius 3 is 2.58 bits per heavy atom. The van der Waals surface area contributed by atoms with Crippen molar-refractivity contribution in [2.24, 2.45) is 0 Å². The van der Waals surface area contributed by atoms with Crippen molar-refractivity contribution < 1.29 is 23.4 Å². The van der Waals surface area contributed by atoms with Gasteiger partial charge >= 0.3 is 0 Å². The zero-order chi connectivity index (χ0) is 23.6. The van der Waals surface area contributed by atoms with Crippen molar-refractivity contribution in [1.82, 2.24) is 15.6 Å². The monoisotopic (exact) mass is 459 g/mol. The van der Waals surface area contributed by atoms with Crippen molar-refractivity contribution in [3.05, 3.63) is 58.8 Å². The normalized spacial score (nSPS) is 20.3. The van der Waals surface area contributed by atoms with Crippen molar-refractivity contribution in [3.8, 4) is 5.88 Å². The predicted molar refractivity (Wildman–Crippen MR) is 120 cm³/mol. The number of ether oxygens (including phenoxy) is 1. The highest BCUT2D eigenvalue weighted by Gasteiger charge is 2.46. The van der Waals surface area contributed by atoms with Gasteiger partial charge in [-0.25, -0.2) is 13.8 Å². The number of nitrogens with zero attached hydrogens (tertiary/aromatic N) is 1. The van der Waals surface area contributed by atoms with Gasteiger partial charge < -0.3 is 20.5 Å². The third-order valence-electron chi connectivity index (χ3n) is 6.68. The minimum absolute atomic E-state index is 0.0488. The molecule has 1 saturated carbocycles. The van der Waals surface area contributed by atoms with Crippen LogP contribution in [-0.2, 0) is 17.6 Å². The van der Waals surface area contributed by atoms with Gasteiger partial charge in [-0.2, -0.15) is 0 Å². The Morgan fingerprint density at radius 1 is 1.24 bits per heavy atom. The summed E-state index contributed by atoms with van der Waals surface area (Å²) in [5.74, 6) is -1.07. The number of benzene rings is 1. The summed E-state index contributed by atoms with van der Waals surface area (Å²) < 4.78 is 33.5. The summed E-state index contributed by atoms with van der Waals surface area (Å²) in [5.41, 5.74) is 2.24. The Hall–Kier alpha value is -2.58. The first-order chi connectivity index (χ1) is 15.8. The number of hydrogen-bond acceptors (Lipinski definition) is 5. The molecule has 8 heteroatoms. The van der Waals surface area contributed by atoms with Gasteiger partial charge in [0.2, 0.25) is 11.8 Å². The molecule has 2 heterocycles. The molecular weight excluding hydrogens is 428 g/mol. The summed E-state index contributed by atoms with van der Waals surface area (Å²) in [4.78, 5) is 16.3. The summed E-state index contributed by atoms with van der Waals surface area (Å²) in [6, 6.07) is 4.57. The van der Waals surface area contributed by atoms with E-state index in [-0.39, 0.29) is 30.5 Å². The lowest BCUT2D eigenvalue weighted by Gasteiger charge is -2.47. The zero-order valence-electron chi connectivity index (χ0n) is 19.0. The van der Waals surface area contributed by atoms with E-state index in [4.69, 9.17) is 4.74 Å². The molecule has 1 aliphatic carbocycles. The van der Waals surface area contributed by atoms with Gasteiger partial charge in [0.15, 0.2) is 0 Å². The van der Waals surface area contributed by atoms with Crippen molar-refractivity contribution in [2.45, 2.75) is 76.2 Å². The summed E-state index contributed by atoms with van der Waals surface area (Å²) in [6.45, 7) is 3.62. The SMILES string of the molecule is CCc1cnc2c(c1)[C@@H](NC[C@H](O)[C@H](Cc1cc(F)cc(F)c1)NC(C)=O)CC1(CCC1)O2. The van der Waals surface area contributed by atoms with E-state index in [1.807, 2.05) is 6.20 Å². The van der Waals surface area contributed by atoms with E-state index in [1.54, 1.807) is 0 Å². The molecule has 1 aliphatic heterocycles. The highest BCUT2D eigenvalue weighted by Crippen LogP contribution is 2.48. The van der Waals surface area contributed by atoms with Gasteiger partial charge in [-0.05, 0) is 61.4 Å². The van der Waals surface area contributed by atoms with E-state index in [2.05, 4.69) is 28.6 Å². The van der Waals surface area contributed by atoms with Gasteiger partial charge in [0.1, 0.15) is 17.2 Å². The van der Waals surface area contributed by atoms with Gasteiger partial charge in [-0.3, -0.25) is 4.79 Å². The molecule has 6 nitrogen and oxygen atoms in total. The number of halogens is 2. The molecule has 2 aliphatic rings. The standard InChI is InChI=1S/C25H31F2N3O3/c1-3-16-9-20-22(12-25(5-4-6-25)33-24(20)29-13-16)28-14-23(32)21(30-15(2)31)10-17-7-18(26)11-19(27)8-17/h7-9,11,13,21-23,28,32H,3-6,10,12,14H2,1-2H3,(H,30,31)/t21-,22-,23-/m0/s1. The average molecular weight is 460 g/mol. The predicted octanol–water partition coefficient (Wildman–Crippen LogP) is 3.37. The first kappa shape index (κ1) is 23.6. The quantitative estimate of drug-likeness (QED) is 0.564. The molecule has 3 N–H and O–H groups in total. The minimum Gasteiger partial charge on any atom is -0.471 e. The minimum atomic E-state index is -0.966. The molecule has 2 aromatic rings. The van der Waals surface area contributed by atoms with Gasteiger partial charge in [0.25, 0.3) is 0 Å². The number of aliphatic hydroxyl groups excluding tert-OH is 1. The molecule has 33 heavy (non-hydrogen) atoms. The summed E-state index contributed by atoms with van der Waals surface area (Å²) in [5, 5.41) is 17.1. The molecule has 1 amide bonds. The first-order valence-electron chi connectivity index (χ1n) is 11.6. The zero-order valence-corrected chi connectivity index (χ0v) is 19.0. The third-order valence-corrected chi connectivity index (χ3v) is 6.68. The lowest BCUT2D eigenvalue weighted by Crippen LogP contribution is -2.52. The number of aromatic nitrogens is 1. The Kier molecular flexibility index (Phi) is 6.95. The maximum absolute atomic E-state index is 13.6. The van der Waals surface area contributed by atoms with Crippen LogP contribution >= 0.6 is 0 Å².